The van der Waals surface area contributed by atoms with Gasteiger partial charge >= 0.3 is 0 Å². The van der Waals surface area contributed by atoms with Gasteiger partial charge in [0.1, 0.15) is 11.0 Å². The van der Waals surface area contributed by atoms with E-state index in [0.29, 0.717) is 40.4 Å². The molecule has 0 N–H and O–H groups in total. The van der Waals surface area contributed by atoms with Crippen molar-refractivity contribution in [2.75, 3.05) is 0 Å². The first-order chi connectivity index (χ1) is 25.7. The number of hydrogen-bond donors (Lipinski definition) is 0. The van der Waals surface area contributed by atoms with Crippen LogP contribution in [0.15, 0.2) is 167 Å². The van der Waals surface area contributed by atoms with E-state index in [1.54, 1.807) is 0 Å². The lowest BCUT2D eigenvalue weighted by Crippen LogP contribution is -2.00. The first-order valence-electron chi connectivity index (χ1n) is 16.9. The summed E-state index contributed by atoms with van der Waals surface area (Å²) in [5.74, 6) is 2.65. The molecule has 52 heavy (non-hydrogen) atoms. The van der Waals surface area contributed by atoms with Crippen LogP contribution in [0.3, 0.4) is 0 Å². The van der Waals surface area contributed by atoms with Crippen molar-refractivity contribution >= 4 is 33.0 Å². The highest BCUT2D eigenvalue weighted by molar-refractivity contribution is 5.94. The first kappa shape index (κ1) is 29.6. The standard InChI is InChI=1S/C44H26N6O2/c1-3-10-30(11-4-1)43-46-35-21-19-32(25-37(35)51-43)41-48-40(29-17-15-28(16-18-29)39-34-14-8-7-9-27(34)23-24-45-39)49-42(50-41)33-20-22-36-38(26-33)52-44(47-36)31-12-5-2-6-13-31/h1-26H. The molecule has 0 spiro atoms. The Balaban J connectivity index is 1.09. The van der Waals surface area contributed by atoms with Crippen LogP contribution in [0, 0.1) is 0 Å². The number of oxazole rings is 2. The molecule has 0 amide bonds. The van der Waals surface area contributed by atoms with Crippen molar-refractivity contribution in [3.8, 4) is 68.3 Å². The van der Waals surface area contributed by atoms with Gasteiger partial charge in [-0.2, -0.15) is 0 Å². The van der Waals surface area contributed by atoms with Crippen molar-refractivity contribution in [1.29, 1.82) is 0 Å². The van der Waals surface area contributed by atoms with E-state index in [2.05, 4.69) is 24.3 Å². The molecule has 6 aromatic carbocycles. The van der Waals surface area contributed by atoms with Crippen LogP contribution in [-0.4, -0.2) is 29.9 Å². The molecular weight excluding hydrogens is 645 g/mol. The van der Waals surface area contributed by atoms with Gasteiger partial charge in [0.05, 0.1) is 5.69 Å². The lowest BCUT2D eigenvalue weighted by Gasteiger charge is -2.10. The van der Waals surface area contributed by atoms with E-state index >= 15 is 0 Å². The van der Waals surface area contributed by atoms with Crippen LogP contribution in [0.5, 0.6) is 0 Å². The summed E-state index contributed by atoms with van der Waals surface area (Å²) in [6.07, 6.45) is 1.85. The van der Waals surface area contributed by atoms with Gasteiger partial charge in [-0.15, -0.1) is 0 Å². The zero-order valence-electron chi connectivity index (χ0n) is 27.5. The average molecular weight is 671 g/mol. The molecule has 8 nitrogen and oxygen atoms in total. The van der Waals surface area contributed by atoms with Crippen LogP contribution in [0.4, 0.5) is 0 Å². The number of pyridine rings is 1. The van der Waals surface area contributed by atoms with Crippen molar-refractivity contribution in [1.82, 2.24) is 29.9 Å². The summed E-state index contributed by atoms with van der Waals surface area (Å²) in [6, 6.07) is 49.8. The molecule has 0 saturated heterocycles. The maximum absolute atomic E-state index is 6.21. The van der Waals surface area contributed by atoms with Gasteiger partial charge in [-0.25, -0.2) is 24.9 Å². The van der Waals surface area contributed by atoms with Crippen LogP contribution in [-0.2, 0) is 0 Å². The van der Waals surface area contributed by atoms with E-state index < -0.39 is 0 Å². The monoisotopic (exact) mass is 670 g/mol. The fourth-order valence-electron chi connectivity index (χ4n) is 6.43. The molecule has 4 heterocycles. The van der Waals surface area contributed by atoms with Crippen molar-refractivity contribution in [3.05, 3.63) is 158 Å². The molecule has 0 aliphatic rings. The lowest BCUT2D eigenvalue weighted by molar-refractivity contribution is 0.619. The second-order valence-corrected chi connectivity index (χ2v) is 12.4. The molecule has 0 fully saturated rings. The molecule has 0 aliphatic carbocycles. The Morgan fingerprint density at radius 1 is 0.365 bits per heavy atom. The summed E-state index contributed by atoms with van der Waals surface area (Å²) in [6.45, 7) is 0. The summed E-state index contributed by atoms with van der Waals surface area (Å²) < 4.78 is 12.4. The molecule has 0 bridgehead atoms. The maximum atomic E-state index is 6.21. The molecule has 0 saturated carbocycles. The molecule has 244 valence electrons. The van der Waals surface area contributed by atoms with E-state index in [9.17, 15) is 0 Å². The van der Waals surface area contributed by atoms with E-state index in [1.807, 2.05) is 134 Å². The Labute approximate surface area is 297 Å². The molecule has 10 rings (SSSR count). The third-order valence-corrected chi connectivity index (χ3v) is 9.06. The summed E-state index contributed by atoms with van der Waals surface area (Å²) in [5, 5.41) is 2.24. The predicted molar refractivity (Wildman–Crippen MR) is 203 cm³/mol. The van der Waals surface area contributed by atoms with Gasteiger partial charge in [-0.1, -0.05) is 84.9 Å². The van der Waals surface area contributed by atoms with Gasteiger partial charge in [-0.3, -0.25) is 4.98 Å². The van der Waals surface area contributed by atoms with E-state index in [4.69, 9.17) is 38.7 Å². The fraction of sp³-hybridized carbons (Fsp3) is 0. The number of aromatic nitrogens is 6. The van der Waals surface area contributed by atoms with E-state index in [-0.39, 0.29) is 0 Å². The third-order valence-electron chi connectivity index (χ3n) is 9.06. The Hall–Kier alpha value is -7.32. The summed E-state index contributed by atoms with van der Waals surface area (Å²) in [5.41, 5.74) is 8.92. The molecule has 0 aliphatic heterocycles. The summed E-state index contributed by atoms with van der Waals surface area (Å²) in [7, 11) is 0. The zero-order valence-corrected chi connectivity index (χ0v) is 27.5. The van der Waals surface area contributed by atoms with Crippen LogP contribution >= 0.6 is 0 Å². The highest BCUT2D eigenvalue weighted by atomic mass is 16.4. The van der Waals surface area contributed by atoms with Crippen LogP contribution < -0.4 is 0 Å². The minimum atomic E-state index is 0.502. The molecule has 0 radical (unpaired) electrons. The topological polar surface area (TPSA) is 104 Å². The second-order valence-electron chi connectivity index (χ2n) is 12.4. The van der Waals surface area contributed by atoms with Gasteiger partial charge in [-0.05, 0) is 72.1 Å². The minimum Gasteiger partial charge on any atom is -0.436 e. The molecule has 8 heteroatoms. The van der Waals surface area contributed by atoms with Gasteiger partial charge in [0.2, 0.25) is 11.8 Å². The lowest BCUT2D eigenvalue weighted by atomic mass is 10.0. The van der Waals surface area contributed by atoms with Crippen LogP contribution in [0.2, 0.25) is 0 Å². The number of benzene rings is 6. The highest BCUT2D eigenvalue weighted by Gasteiger charge is 2.17. The van der Waals surface area contributed by atoms with Crippen LogP contribution in [0.25, 0.3) is 101 Å². The Morgan fingerprint density at radius 2 is 0.846 bits per heavy atom. The third kappa shape index (κ3) is 5.35. The largest absolute Gasteiger partial charge is 0.436 e. The van der Waals surface area contributed by atoms with Crippen molar-refractivity contribution in [2.24, 2.45) is 0 Å². The van der Waals surface area contributed by atoms with Gasteiger partial charge < -0.3 is 8.83 Å². The molecule has 0 atom stereocenters. The van der Waals surface area contributed by atoms with Crippen molar-refractivity contribution < 1.29 is 8.83 Å². The number of hydrogen-bond acceptors (Lipinski definition) is 8. The highest BCUT2D eigenvalue weighted by Crippen LogP contribution is 2.33. The molecular formula is C44H26N6O2. The number of nitrogens with zero attached hydrogens (tertiary/aromatic N) is 6. The van der Waals surface area contributed by atoms with Crippen molar-refractivity contribution in [2.45, 2.75) is 0 Å². The predicted octanol–water partition coefficient (Wildman–Crippen LogP) is 10.7. The summed E-state index contributed by atoms with van der Waals surface area (Å²) >= 11 is 0. The molecule has 10 aromatic rings. The van der Waals surface area contributed by atoms with E-state index in [0.717, 1.165) is 60.9 Å². The summed E-state index contributed by atoms with van der Waals surface area (Å²) in [4.78, 5) is 29.1. The fourth-order valence-corrected chi connectivity index (χ4v) is 6.43. The Morgan fingerprint density at radius 3 is 1.42 bits per heavy atom. The quantitative estimate of drug-likeness (QED) is 0.172. The second kappa shape index (κ2) is 12.2. The number of fused-ring (bicyclic) bond motifs is 3. The SMILES string of the molecule is c1ccc(-c2nc3ccc(-c4nc(-c5ccc(-c6nccc7ccccc67)cc5)nc(-c5ccc6nc(-c7ccccc7)oc6c5)n4)cc3o2)cc1. The van der Waals surface area contributed by atoms with Gasteiger partial charge in [0.25, 0.3) is 0 Å². The Bertz CT molecular complexity index is 2760. The average Bonchev–Trinajstić information content (AvgIpc) is 3.86. The van der Waals surface area contributed by atoms with Gasteiger partial charge in [0, 0.05) is 45.0 Å². The minimum absolute atomic E-state index is 0.502. The zero-order chi connectivity index (χ0) is 34.4. The van der Waals surface area contributed by atoms with Crippen molar-refractivity contribution in [3.63, 3.8) is 0 Å². The van der Waals surface area contributed by atoms with Gasteiger partial charge in [0.15, 0.2) is 28.6 Å². The van der Waals surface area contributed by atoms with E-state index in [1.165, 1.54) is 0 Å². The normalized spacial score (nSPS) is 11.5. The maximum Gasteiger partial charge on any atom is 0.227 e. The first-order valence-corrected chi connectivity index (χ1v) is 16.9. The smallest absolute Gasteiger partial charge is 0.227 e. The number of rotatable bonds is 6. The molecule has 4 aromatic heterocycles. The molecule has 0 unspecified atom stereocenters. The van der Waals surface area contributed by atoms with Crippen LogP contribution in [0.1, 0.15) is 0 Å². The Kier molecular flexibility index (Phi) is 6.95.